The van der Waals surface area contributed by atoms with Gasteiger partial charge in [0.25, 0.3) is 0 Å². The van der Waals surface area contributed by atoms with Crippen LogP contribution in [-0.4, -0.2) is 26.5 Å². The van der Waals surface area contributed by atoms with Crippen molar-refractivity contribution in [3.05, 3.63) is 70.3 Å². The zero-order valence-electron chi connectivity index (χ0n) is 17.0. The fourth-order valence-electron chi connectivity index (χ4n) is 3.43. The van der Waals surface area contributed by atoms with Gasteiger partial charge in [0.2, 0.25) is 11.8 Å². The van der Waals surface area contributed by atoms with Gasteiger partial charge in [0, 0.05) is 29.2 Å². The highest BCUT2D eigenvalue weighted by Crippen LogP contribution is 2.33. The molecule has 1 aromatic rings. The van der Waals surface area contributed by atoms with Crippen molar-refractivity contribution in [3.8, 4) is 6.07 Å². The average molecular weight is 443 g/mol. The molecule has 0 saturated carbocycles. The SMILES string of the molecule is CC1=C(CC(=O)N[C@H](C)c2ccc(S(C)(=O)=O)cc2F)C(=O)N[C]2C=CNC(C#N)=C21. The number of rotatable bonds is 5. The maximum Gasteiger partial charge on any atom is 0.249 e. The van der Waals surface area contributed by atoms with Gasteiger partial charge in [-0.25, -0.2) is 12.8 Å². The standard InChI is InChI=1S/C21H20FN4O4S/c1-11-15(21(28)26-17-6-7-24-18(10-23)20(11)17)9-19(27)25-12(2)14-5-4-13(8-16(14)22)31(3,29)30/h4-8,12,24H,9H2,1-3H3,(H,25,27)(H,26,28)/t12-/m1/s1. The molecule has 1 aromatic carbocycles. The molecule has 0 spiro atoms. The van der Waals surface area contributed by atoms with Gasteiger partial charge in [0.05, 0.1) is 17.4 Å². The summed E-state index contributed by atoms with van der Waals surface area (Å²) in [7, 11) is -3.56. The number of halogens is 1. The Balaban J connectivity index is 1.80. The van der Waals surface area contributed by atoms with Gasteiger partial charge >= 0.3 is 0 Å². The van der Waals surface area contributed by atoms with E-state index in [4.69, 9.17) is 0 Å². The minimum Gasteiger partial charge on any atom is -0.353 e. The lowest BCUT2D eigenvalue weighted by molar-refractivity contribution is -0.123. The minimum atomic E-state index is -3.56. The Bertz CT molecular complexity index is 1210. The first-order valence-electron chi connectivity index (χ1n) is 9.28. The van der Waals surface area contributed by atoms with E-state index in [0.717, 1.165) is 12.3 Å². The summed E-state index contributed by atoms with van der Waals surface area (Å²) in [6.07, 6.45) is 3.86. The molecule has 0 fully saturated rings. The van der Waals surface area contributed by atoms with Crippen LogP contribution in [0.4, 0.5) is 4.39 Å². The summed E-state index contributed by atoms with van der Waals surface area (Å²) in [5.74, 6) is -1.73. The molecule has 10 heteroatoms. The van der Waals surface area contributed by atoms with Crippen LogP contribution in [0.3, 0.4) is 0 Å². The van der Waals surface area contributed by atoms with Crippen LogP contribution in [0.15, 0.2) is 57.8 Å². The zero-order chi connectivity index (χ0) is 22.9. The van der Waals surface area contributed by atoms with Gasteiger partial charge in [-0.2, -0.15) is 5.26 Å². The Morgan fingerprint density at radius 2 is 2.06 bits per heavy atom. The van der Waals surface area contributed by atoms with E-state index in [-0.39, 0.29) is 28.1 Å². The predicted octanol–water partition coefficient (Wildman–Crippen LogP) is 1.67. The molecule has 31 heavy (non-hydrogen) atoms. The van der Waals surface area contributed by atoms with Gasteiger partial charge < -0.3 is 16.0 Å². The van der Waals surface area contributed by atoms with E-state index in [2.05, 4.69) is 16.0 Å². The molecular formula is C21H20FN4O4S. The molecule has 2 aliphatic heterocycles. The fraction of sp³-hybridized carbons (Fsp3) is 0.238. The maximum atomic E-state index is 14.4. The molecule has 8 nitrogen and oxygen atoms in total. The smallest absolute Gasteiger partial charge is 0.249 e. The number of nitrogens with one attached hydrogen (secondary N) is 3. The Morgan fingerprint density at radius 1 is 1.35 bits per heavy atom. The third-order valence-electron chi connectivity index (χ3n) is 5.04. The van der Waals surface area contributed by atoms with Crippen LogP contribution in [0.2, 0.25) is 0 Å². The molecule has 3 N–H and O–H groups in total. The summed E-state index contributed by atoms with van der Waals surface area (Å²) in [5.41, 5.74) is 1.59. The lowest BCUT2D eigenvalue weighted by Gasteiger charge is -2.29. The zero-order valence-corrected chi connectivity index (χ0v) is 17.9. The van der Waals surface area contributed by atoms with Crippen molar-refractivity contribution in [2.24, 2.45) is 0 Å². The summed E-state index contributed by atoms with van der Waals surface area (Å²) in [5, 5.41) is 17.4. The van der Waals surface area contributed by atoms with Crippen molar-refractivity contribution in [3.63, 3.8) is 0 Å². The molecule has 0 aliphatic carbocycles. The lowest BCUT2D eigenvalue weighted by atomic mass is 9.86. The number of nitriles is 1. The Morgan fingerprint density at radius 3 is 2.68 bits per heavy atom. The molecule has 2 aliphatic rings. The fourth-order valence-corrected chi connectivity index (χ4v) is 4.07. The number of hydrogen-bond acceptors (Lipinski definition) is 6. The van der Waals surface area contributed by atoms with Gasteiger partial charge in [0.15, 0.2) is 9.84 Å². The maximum absolute atomic E-state index is 14.4. The van der Waals surface area contributed by atoms with Crippen LogP contribution in [0, 0.1) is 23.2 Å². The van der Waals surface area contributed by atoms with E-state index in [1.54, 1.807) is 19.9 Å². The van der Waals surface area contributed by atoms with Crippen molar-refractivity contribution in [1.29, 1.82) is 5.26 Å². The van der Waals surface area contributed by atoms with Crippen LogP contribution >= 0.6 is 0 Å². The Kier molecular flexibility index (Phi) is 5.99. The highest BCUT2D eigenvalue weighted by Gasteiger charge is 2.33. The van der Waals surface area contributed by atoms with E-state index in [1.807, 2.05) is 6.07 Å². The van der Waals surface area contributed by atoms with Crippen LogP contribution in [0.25, 0.3) is 0 Å². The molecule has 0 saturated heterocycles. The number of fused-ring (bicyclic) bond motifs is 1. The normalized spacial score (nSPS) is 17.5. The van der Waals surface area contributed by atoms with E-state index >= 15 is 0 Å². The average Bonchev–Trinajstić information content (AvgIpc) is 2.69. The second kappa shape index (κ2) is 8.35. The molecular weight excluding hydrogens is 423 g/mol. The van der Waals surface area contributed by atoms with E-state index in [9.17, 15) is 27.7 Å². The predicted molar refractivity (Wildman–Crippen MR) is 110 cm³/mol. The molecule has 3 rings (SSSR count). The van der Waals surface area contributed by atoms with Gasteiger partial charge in [-0.3, -0.25) is 9.59 Å². The van der Waals surface area contributed by atoms with E-state index < -0.39 is 33.5 Å². The van der Waals surface area contributed by atoms with Crippen molar-refractivity contribution >= 4 is 21.7 Å². The summed E-state index contributed by atoms with van der Waals surface area (Å²) >= 11 is 0. The summed E-state index contributed by atoms with van der Waals surface area (Å²) in [6, 6.07) is 5.22. The molecule has 1 atom stereocenters. The first-order valence-corrected chi connectivity index (χ1v) is 11.2. The second-order valence-corrected chi connectivity index (χ2v) is 9.25. The van der Waals surface area contributed by atoms with Gasteiger partial charge in [-0.15, -0.1) is 0 Å². The number of sulfone groups is 1. The number of carbonyl (C=O) groups excluding carboxylic acids is 2. The number of nitrogens with zero attached hydrogens (tertiary/aromatic N) is 1. The molecule has 0 aromatic heterocycles. The highest BCUT2D eigenvalue weighted by atomic mass is 32.2. The van der Waals surface area contributed by atoms with E-state index in [1.165, 1.54) is 18.3 Å². The van der Waals surface area contributed by atoms with Crippen molar-refractivity contribution in [1.82, 2.24) is 16.0 Å². The number of allylic oxidation sites excluding steroid dienone is 1. The van der Waals surface area contributed by atoms with Gasteiger partial charge in [0.1, 0.15) is 23.6 Å². The first kappa shape index (κ1) is 22.2. The van der Waals surface area contributed by atoms with Crippen LogP contribution < -0.4 is 16.0 Å². The number of carbonyl (C=O) groups is 2. The van der Waals surface area contributed by atoms with Crippen molar-refractivity contribution in [2.75, 3.05) is 6.26 Å². The van der Waals surface area contributed by atoms with Gasteiger partial charge in [-0.05, 0) is 37.6 Å². The molecule has 0 unspecified atom stereocenters. The lowest BCUT2D eigenvalue weighted by Crippen LogP contribution is -2.40. The van der Waals surface area contributed by atoms with Crippen molar-refractivity contribution in [2.45, 2.75) is 31.2 Å². The second-order valence-electron chi connectivity index (χ2n) is 7.23. The quantitative estimate of drug-likeness (QED) is 0.635. The molecule has 2 heterocycles. The number of amides is 2. The molecule has 0 bridgehead atoms. The third kappa shape index (κ3) is 4.51. The molecule has 1 radical (unpaired) electrons. The topological polar surface area (TPSA) is 128 Å². The largest absolute Gasteiger partial charge is 0.353 e. The van der Waals surface area contributed by atoms with Gasteiger partial charge in [-0.1, -0.05) is 6.07 Å². The minimum absolute atomic E-state index is 0.117. The number of benzene rings is 1. The summed E-state index contributed by atoms with van der Waals surface area (Å²) in [6.45, 7) is 3.21. The monoisotopic (exact) mass is 443 g/mol. The Labute approximate surface area is 179 Å². The van der Waals surface area contributed by atoms with Crippen molar-refractivity contribution < 1.29 is 22.4 Å². The van der Waals surface area contributed by atoms with Crippen LogP contribution in [0.1, 0.15) is 31.9 Å². The summed E-state index contributed by atoms with van der Waals surface area (Å²) < 4.78 is 37.5. The van der Waals surface area contributed by atoms with E-state index in [0.29, 0.717) is 17.2 Å². The van der Waals surface area contributed by atoms with Crippen LogP contribution in [-0.2, 0) is 19.4 Å². The number of hydrogen-bond donors (Lipinski definition) is 3. The number of dihydropyridines is 1. The highest BCUT2D eigenvalue weighted by molar-refractivity contribution is 7.90. The first-order chi connectivity index (χ1) is 14.5. The third-order valence-corrected chi connectivity index (χ3v) is 6.15. The summed E-state index contributed by atoms with van der Waals surface area (Å²) in [4.78, 5) is 24.9. The van der Waals surface area contributed by atoms with Crippen LogP contribution in [0.5, 0.6) is 0 Å². The molecule has 161 valence electrons. The molecule has 2 amide bonds. The Hall–Kier alpha value is -3.45.